The topological polar surface area (TPSA) is 103 Å². The third kappa shape index (κ3) is 2.95. The van der Waals surface area contributed by atoms with Crippen LogP contribution in [0.15, 0.2) is 24.3 Å². The number of pyridine rings is 1. The van der Waals surface area contributed by atoms with E-state index in [1.165, 1.54) is 16.7 Å². The van der Waals surface area contributed by atoms with Gasteiger partial charge in [-0.25, -0.2) is 10.8 Å². The van der Waals surface area contributed by atoms with E-state index in [4.69, 9.17) is 17.3 Å². The Morgan fingerprint density at radius 2 is 1.68 bits per heavy atom. The molecule has 0 aliphatic heterocycles. The van der Waals surface area contributed by atoms with Gasteiger partial charge in [0.15, 0.2) is 5.82 Å². The molecule has 7 N–H and O–H groups in total. The predicted octanol–water partition coefficient (Wildman–Crippen LogP) is 1.74. The molecule has 0 fully saturated rings. The van der Waals surface area contributed by atoms with Crippen molar-refractivity contribution >= 4 is 17.3 Å². The lowest BCUT2D eigenvalue weighted by Crippen LogP contribution is -2.13. The Morgan fingerprint density at radius 3 is 2.26 bits per heavy atom. The van der Waals surface area contributed by atoms with E-state index in [-0.39, 0.29) is 0 Å². The molecule has 0 saturated heterocycles. The Morgan fingerprint density at radius 1 is 1.05 bits per heavy atom. The smallest absolute Gasteiger partial charge is 0.165 e. The quantitative estimate of drug-likeness (QED) is 0.495. The normalized spacial score (nSPS) is 10.5. The third-order valence-electron chi connectivity index (χ3n) is 2.98. The molecule has 0 unspecified atom stereocenters. The van der Waals surface area contributed by atoms with Crippen LogP contribution in [0.4, 0.5) is 17.3 Å². The van der Waals surface area contributed by atoms with Gasteiger partial charge in [-0.3, -0.25) is 0 Å². The third-order valence-corrected chi connectivity index (χ3v) is 2.98. The van der Waals surface area contributed by atoms with Crippen LogP contribution in [0, 0.1) is 13.8 Å². The van der Waals surface area contributed by atoms with Crippen molar-refractivity contribution in [1.29, 1.82) is 0 Å². The maximum absolute atomic E-state index is 6.03. The first kappa shape index (κ1) is 13.2. The maximum Gasteiger partial charge on any atom is 0.165 e. The lowest BCUT2D eigenvalue weighted by atomic mass is 10.00. The molecule has 100 valence electrons. The van der Waals surface area contributed by atoms with Crippen LogP contribution in [0.25, 0.3) is 0 Å². The molecule has 5 heteroatoms. The standard InChI is InChI=1S/C14H19N5/c1-8-3-9(2)5-10(4-8)6-11-7-12(15)18-14(19-17)13(11)16/h3-5,7H,6,16-17H2,1-2H3,(H3,15,18,19). The number of aromatic nitrogens is 1. The van der Waals surface area contributed by atoms with Gasteiger partial charge >= 0.3 is 0 Å². The summed E-state index contributed by atoms with van der Waals surface area (Å²) in [7, 11) is 0. The number of hydrogen-bond donors (Lipinski definition) is 4. The number of hydrogen-bond acceptors (Lipinski definition) is 5. The van der Waals surface area contributed by atoms with Gasteiger partial charge in [0.2, 0.25) is 0 Å². The Balaban J connectivity index is 2.40. The molecule has 1 aromatic carbocycles. The van der Waals surface area contributed by atoms with Crippen LogP contribution in [0.3, 0.4) is 0 Å². The molecule has 5 nitrogen and oxygen atoms in total. The number of benzene rings is 1. The highest BCUT2D eigenvalue weighted by atomic mass is 15.3. The second kappa shape index (κ2) is 5.16. The van der Waals surface area contributed by atoms with E-state index in [1.807, 2.05) is 0 Å². The van der Waals surface area contributed by atoms with Crippen LogP contribution in [0.2, 0.25) is 0 Å². The molecule has 0 aliphatic carbocycles. The highest BCUT2D eigenvalue weighted by Crippen LogP contribution is 2.25. The Bertz CT molecular complexity index is 587. The first-order valence-corrected chi connectivity index (χ1v) is 6.08. The SMILES string of the molecule is Cc1cc(C)cc(Cc2cc(N)nc(NN)c2N)c1. The highest BCUT2D eigenvalue weighted by molar-refractivity contribution is 5.68. The first-order valence-electron chi connectivity index (χ1n) is 6.08. The van der Waals surface area contributed by atoms with Crippen molar-refractivity contribution in [2.75, 3.05) is 16.9 Å². The van der Waals surface area contributed by atoms with Crippen molar-refractivity contribution in [3.63, 3.8) is 0 Å². The van der Waals surface area contributed by atoms with Gasteiger partial charge in [0, 0.05) is 0 Å². The molecule has 1 aromatic heterocycles. The molecule has 0 saturated carbocycles. The fourth-order valence-electron chi connectivity index (χ4n) is 2.28. The molecule has 0 amide bonds. The second-order valence-corrected chi connectivity index (χ2v) is 4.79. The molecular weight excluding hydrogens is 238 g/mol. The summed E-state index contributed by atoms with van der Waals surface area (Å²) in [6.07, 6.45) is 0.704. The predicted molar refractivity (Wildman–Crippen MR) is 79.6 cm³/mol. The van der Waals surface area contributed by atoms with E-state index in [9.17, 15) is 0 Å². The minimum atomic E-state index is 0.404. The second-order valence-electron chi connectivity index (χ2n) is 4.79. The molecular formula is C14H19N5. The van der Waals surface area contributed by atoms with Crippen LogP contribution < -0.4 is 22.7 Å². The van der Waals surface area contributed by atoms with E-state index < -0.39 is 0 Å². The average Bonchev–Trinajstić information content (AvgIpc) is 2.32. The summed E-state index contributed by atoms with van der Waals surface area (Å²) in [5.41, 5.74) is 19.4. The summed E-state index contributed by atoms with van der Waals surface area (Å²) < 4.78 is 0. The minimum Gasteiger partial charge on any atom is -0.395 e. The van der Waals surface area contributed by atoms with E-state index in [0.29, 0.717) is 23.7 Å². The fourth-order valence-corrected chi connectivity index (χ4v) is 2.28. The van der Waals surface area contributed by atoms with Crippen LogP contribution >= 0.6 is 0 Å². The van der Waals surface area contributed by atoms with Gasteiger partial charge in [-0.15, -0.1) is 0 Å². The zero-order valence-corrected chi connectivity index (χ0v) is 11.2. The van der Waals surface area contributed by atoms with Crippen molar-refractivity contribution in [2.45, 2.75) is 20.3 Å². The summed E-state index contributed by atoms with van der Waals surface area (Å²) >= 11 is 0. The van der Waals surface area contributed by atoms with Crippen LogP contribution in [-0.4, -0.2) is 4.98 Å². The van der Waals surface area contributed by atoms with E-state index >= 15 is 0 Å². The number of nitrogens with two attached hydrogens (primary N) is 3. The van der Waals surface area contributed by atoms with E-state index in [1.54, 1.807) is 6.07 Å². The van der Waals surface area contributed by atoms with Crippen molar-refractivity contribution in [3.8, 4) is 0 Å². The van der Waals surface area contributed by atoms with Gasteiger partial charge in [0.25, 0.3) is 0 Å². The average molecular weight is 257 g/mol. The van der Waals surface area contributed by atoms with Crippen LogP contribution in [0.1, 0.15) is 22.3 Å². The number of anilines is 3. The number of nitrogens with zero attached hydrogens (tertiary/aromatic N) is 1. The Kier molecular flexibility index (Phi) is 3.57. The minimum absolute atomic E-state index is 0.404. The van der Waals surface area contributed by atoms with E-state index in [0.717, 1.165) is 5.56 Å². The number of hydrazine groups is 1. The summed E-state index contributed by atoms with van der Waals surface area (Å²) in [6, 6.07) is 8.20. The zero-order chi connectivity index (χ0) is 14.0. The maximum atomic E-state index is 6.03. The monoisotopic (exact) mass is 257 g/mol. The van der Waals surface area contributed by atoms with Gasteiger partial charge in [0.05, 0.1) is 5.69 Å². The van der Waals surface area contributed by atoms with Gasteiger partial charge < -0.3 is 16.9 Å². The largest absolute Gasteiger partial charge is 0.395 e. The molecule has 19 heavy (non-hydrogen) atoms. The molecule has 0 atom stereocenters. The number of rotatable bonds is 3. The van der Waals surface area contributed by atoms with Gasteiger partial charge in [0.1, 0.15) is 5.82 Å². The van der Waals surface area contributed by atoms with Crippen molar-refractivity contribution < 1.29 is 0 Å². The molecule has 0 bridgehead atoms. The molecule has 2 rings (SSSR count). The van der Waals surface area contributed by atoms with Crippen LogP contribution in [-0.2, 0) is 6.42 Å². The first-order chi connectivity index (χ1) is 8.99. The van der Waals surface area contributed by atoms with Gasteiger partial charge in [-0.1, -0.05) is 29.3 Å². The summed E-state index contributed by atoms with van der Waals surface area (Å²) in [5.74, 6) is 6.20. The zero-order valence-electron chi connectivity index (χ0n) is 11.2. The van der Waals surface area contributed by atoms with Crippen molar-refractivity contribution in [3.05, 3.63) is 46.5 Å². The van der Waals surface area contributed by atoms with Crippen LogP contribution in [0.5, 0.6) is 0 Å². The lowest BCUT2D eigenvalue weighted by molar-refractivity contribution is 1.14. The van der Waals surface area contributed by atoms with E-state index in [2.05, 4.69) is 42.5 Å². The van der Waals surface area contributed by atoms with Crippen molar-refractivity contribution in [2.24, 2.45) is 5.84 Å². The molecule has 2 aromatic rings. The summed E-state index contributed by atoms with van der Waals surface area (Å²) in [5, 5.41) is 0. The highest BCUT2D eigenvalue weighted by Gasteiger charge is 2.09. The molecule has 0 aliphatic rings. The Hall–Kier alpha value is -2.27. The lowest BCUT2D eigenvalue weighted by Gasteiger charge is -2.12. The number of aryl methyl sites for hydroxylation is 2. The number of nitrogens with one attached hydrogen (secondary N) is 1. The molecule has 0 spiro atoms. The Labute approximate surface area is 112 Å². The summed E-state index contributed by atoms with van der Waals surface area (Å²) in [6.45, 7) is 4.15. The molecule has 0 radical (unpaired) electrons. The fraction of sp³-hybridized carbons (Fsp3) is 0.214. The number of nitrogen functional groups attached to an aromatic ring is 3. The van der Waals surface area contributed by atoms with Crippen molar-refractivity contribution in [1.82, 2.24) is 4.98 Å². The van der Waals surface area contributed by atoms with Gasteiger partial charge in [-0.05, 0) is 37.5 Å². The van der Waals surface area contributed by atoms with Gasteiger partial charge in [-0.2, -0.15) is 0 Å². The summed E-state index contributed by atoms with van der Waals surface area (Å²) in [4.78, 5) is 4.05. The molecule has 1 heterocycles.